The van der Waals surface area contributed by atoms with Gasteiger partial charge in [-0.15, -0.1) is 11.8 Å². The molecule has 0 aliphatic heterocycles. The van der Waals surface area contributed by atoms with Gasteiger partial charge in [-0.2, -0.15) is 5.26 Å². The summed E-state index contributed by atoms with van der Waals surface area (Å²) < 4.78 is 5.11. The van der Waals surface area contributed by atoms with E-state index in [1.807, 2.05) is 19.1 Å². The lowest BCUT2D eigenvalue weighted by molar-refractivity contribution is 0.0988. The number of ketones is 1. The van der Waals surface area contributed by atoms with Gasteiger partial charge in [-0.25, -0.2) is 0 Å². The minimum atomic E-state index is -0.138. The van der Waals surface area contributed by atoms with E-state index in [0.29, 0.717) is 11.1 Å². The molecule has 0 saturated heterocycles. The Morgan fingerprint density at radius 2 is 1.82 bits per heavy atom. The molecular weight excluding hydrogens is 294 g/mol. The highest BCUT2D eigenvalue weighted by Crippen LogP contribution is 2.28. The van der Waals surface area contributed by atoms with Crippen LogP contribution in [0, 0.1) is 11.3 Å². The monoisotopic (exact) mass is 311 g/mol. The summed E-state index contributed by atoms with van der Waals surface area (Å²) in [6.45, 7) is 2.00. The normalized spacial score (nSPS) is 11.5. The van der Waals surface area contributed by atoms with Crippen LogP contribution in [0.1, 0.15) is 29.3 Å². The molecule has 2 aromatic rings. The highest BCUT2D eigenvalue weighted by Gasteiger charge is 2.19. The highest BCUT2D eigenvalue weighted by molar-refractivity contribution is 8.00. The maximum atomic E-state index is 12.6. The molecule has 0 fully saturated rings. The third-order valence-electron chi connectivity index (χ3n) is 3.30. The maximum Gasteiger partial charge on any atom is 0.176 e. The van der Waals surface area contributed by atoms with Crippen molar-refractivity contribution in [2.24, 2.45) is 0 Å². The average molecular weight is 311 g/mol. The van der Waals surface area contributed by atoms with Crippen LogP contribution in [0.25, 0.3) is 0 Å². The molecule has 0 heterocycles. The quantitative estimate of drug-likeness (QED) is 0.589. The number of Topliss-reactive ketones (excluding diaryl/α,β-unsaturated/α-hetero) is 1. The summed E-state index contributed by atoms with van der Waals surface area (Å²) in [6.07, 6.45) is 0.746. The fraction of sp³-hybridized carbons (Fsp3) is 0.222. The maximum absolute atomic E-state index is 12.6. The van der Waals surface area contributed by atoms with Gasteiger partial charge in [0.2, 0.25) is 0 Å². The van der Waals surface area contributed by atoms with Crippen molar-refractivity contribution in [1.82, 2.24) is 0 Å². The fourth-order valence-electron chi connectivity index (χ4n) is 2.04. The molecule has 0 amide bonds. The van der Waals surface area contributed by atoms with Gasteiger partial charge < -0.3 is 4.74 Å². The van der Waals surface area contributed by atoms with E-state index in [9.17, 15) is 4.79 Å². The van der Waals surface area contributed by atoms with Crippen molar-refractivity contribution in [3.05, 3.63) is 59.7 Å². The molecule has 0 saturated carbocycles. The van der Waals surface area contributed by atoms with Gasteiger partial charge in [-0.05, 0) is 55.0 Å². The van der Waals surface area contributed by atoms with Crippen molar-refractivity contribution in [3.8, 4) is 11.8 Å². The molecule has 0 bridgehead atoms. The van der Waals surface area contributed by atoms with Crippen molar-refractivity contribution in [2.75, 3.05) is 7.11 Å². The molecule has 0 aliphatic rings. The molecule has 3 nitrogen and oxygen atoms in total. The lowest BCUT2D eigenvalue weighted by atomic mass is 10.1. The Morgan fingerprint density at radius 3 is 2.32 bits per heavy atom. The number of thioether (sulfide) groups is 1. The van der Waals surface area contributed by atoms with Crippen LogP contribution in [0.2, 0.25) is 0 Å². The largest absolute Gasteiger partial charge is 0.497 e. The van der Waals surface area contributed by atoms with Crippen molar-refractivity contribution in [1.29, 1.82) is 5.26 Å². The first-order valence-corrected chi connectivity index (χ1v) is 7.91. The number of ether oxygens (including phenoxy) is 1. The van der Waals surface area contributed by atoms with Crippen LogP contribution in [-0.2, 0) is 0 Å². The summed E-state index contributed by atoms with van der Waals surface area (Å²) in [5, 5.41) is 8.68. The molecular formula is C18H17NO2S. The summed E-state index contributed by atoms with van der Waals surface area (Å²) in [5.41, 5.74) is 1.31. The zero-order valence-corrected chi connectivity index (χ0v) is 13.4. The predicted molar refractivity (Wildman–Crippen MR) is 88.4 cm³/mol. The lowest BCUT2D eigenvalue weighted by Gasteiger charge is -2.14. The number of benzene rings is 2. The molecule has 0 N–H and O–H groups in total. The zero-order chi connectivity index (χ0) is 15.9. The van der Waals surface area contributed by atoms with Gasteiger partial charge in [-0.1, -0.05) is 6.92 Å². The zero-order valence-electron chi connectivity index (χ0n) is 12.6. The SMILES string of the molecule is CCC(Sc1ccc(C#N)cc1)C(=O)c1ccc(OC)cc1. The smallest absolute Gasteiger partial charge is 0.176 e. The summed E-state index contributed by atoms with van der Waals surface area (Å²) in [6, 6.07) is 16.6. The molecule has 22 heavy (non-hydrogen) atoms. The van der Waals surface area contributed by atoms with Gasteiger partial charge in [-0.3, -0.25) is 4.79 Å². The van der Waals surface area contributed by atoms with E-state index >= 15 is 0 Å². The van der Waals surface area contributed by atoms with Crippen molar-refractivity contribution in [2.45, 2.75) is 23.5 Å². The molecule has 1 atom stereocenters. The van der Waals surface area contributed by atoms with E-state index in [4.69, 9.17) is 10.00 Å². The predicted octanol–water partition coefficient (Wildman–Crippen LogP) is 4.32. The topological polar surface area (TPSA) is 50.1 Å². The van der Waals surface area contributed by atoms with Crippen LogP contribution in [0.5, 0.6) is 5.75 Å². The molecule has 0 radical (unpaired) electrons. The Kier molecular flexibility index (Phi) is 5.62. The van der Waals surface area contributed by atoms with Gasteiger partial charge in [0.25, 0.3) is 0 Å². The van der Waals surface area contributed by atoms with E-state index in [1.165, 1.54) is 11.8 Å². The number of rotatable bonds is 6. The van der Waals surface area contributed by atoms with Crippen LogP contribution in [-0.4, -0.2) is 18.1 Å². The van der Waals surface area contributed by atoms with Crippen LogP contribution in [0.4, 0.5) is 0 Å². The number of nitriles is 1. The van der Waals surface area contributed by atoms with Crippen LogP contribution >= 0.6 is 11.8 Å². The fourth-order valence-corrected chi connectivity index (χ4v) is 3.07. The second-order valence-electron chi connectivity index (χ2n) is 4.74. The van der Waals surface area contributed by atoms with Crippen molar-refractivity contribution >= 4 is 17.5 Å². The Morgan fingerprint density at radius 1 is 1.18 bits per heavy atom. The molecule has 0 aromatic heterocycles. The van der Waals surface area contributed by atoms with Crippen LogP contribution in [0.3, 0.4) is 0 Å². The summed E-state index contributed by atoms with van der Waals surface area (Å²) in [7, 11) is 1.60. The molecule has 0 spiro atoms. The molecule has 2 rings (SSSR count). The Labute approximate surface area is 134 Å². The van der Waals surface area contributed by atoms with E-state index < -0.39 is 0 Å². The lowest BCUT2D eigenvalue weighted by Crippen LogP contribution is -2.16. The van der Waals surface area contributed by atoms with E-state index in [1.54, 1.807) is 43.5 Å². The number of carbonyl (C=O) groups excluding carboxylic acids is 1. The van der Waals surface area contributed by atoms with Gasteiger partial charge in [0.15, 0.2) is 5.78 Å². The number of hydrogen-bond donors (Lipinski definition) is 0. The first kappa shape index (κ1) is 16.1. The van der Waals surface area contributed by atoms with E-state index in [0.717, 1.165) is 17.1 Å². The first-order valence-electron chi connectivity index (χ1n) is 7.03. The molecule has 112 valence electrons. The van der Waals surface area contributed by atoms with Crippen molar-refractivity contribution < 1.29 is 9.53 Å². The number of hydrogen-bond acceptors (Lipinski definition) is 4. The van der Waals surface area contributed by atoms with Crippen LogP contribution < -0.4 is 4.74 Å². The Hall–Kier alpha value is -2.25. The summed E-state index contributed by atoms with van der Waals surface area (Å²) in [5.74, 6) is 0.851. The van der Waals surface area contributed by atoms with E-state index in [2.05, 4.69) is 6.07 Å². The standard InChI is InChI=1S/C18H17NO2S/c1-3-17(22-16-10-4-13(12-19)5-11-16)18(20)14-6-8-15(21-2)9-7-14/h4-11,17H,3H2,1-2H3. The summed E-state index contributed by atoms with van der Waals surface area (Å²) in [4.78, 5) is 13.6. The second-order valence-corrected chi connectivity index (χ2v) is 6.02. The molecule has 1 unspecified atom stereocenters. The van der Waals surface area contributed by atoms with Gasteiger partial charge in [0.05, 0.1) is 24.0 Å². The molecule has 2 aromatic carbocycles. The third kappa shape index (κ3) is 3.90. The number of nitrogens with zero attached hydrogens (tertiary/aromatic N) is 1. The highest BCUT2D eigenvalue weighted by atomic mass is 32.2. The Bertz CT molecular complexity index is 672. The average Bonchev–Trinajstić information content (AvgIpc) is 2.59. The minimum Gasteiger partial charge on any atom is -0.497 e. The number of carbonyl (C=O) groups is 1. The second kappa shape index (κ2) is 7.67. The van der Waals surface area contributed by atoms with Gasteiger partial charge >= 0.3 is 0 Å². The Balaban J connectivity index is 2.12. The van der Waals surface area contributed by atoms with Gasteiger partial charge in [0.1, 0.15) is 5.75 Å². The van der Waals surface area contributed by atoms with Crippen LogP contribution in [0.15, 0.2) is 53.4 Å². The number of methoxy groups -OCH3 is 1. The first-order chi connectivity index (χ1) is 10.7. The summed E-state index contributed by atoms with van der Waals surface area (Å²) >= 11 is 1.53. The van der Waals surface area contributed by atoms with Gasteiger partial charge in [0, 0.05) is 10.5 Å². The van der Waals surface area contributed by atoms with E-state index in [-0.39, 0.29) is 11.0 Å². The minimum absolute atomic E-state index is 0.111. The molecule has 0 aliphatic carbocycles. The molecule has 4 heteroatoms. The third-order valence-corrected chi connectivity index (χ3v) is 4.68. The van der Waals surface area contributed by atoms with Crippen molar-refractivity contribution in [3.63, 3.8) is 0 Å².